The van der Waals surface area contributed by atoms with Crippen LogP contribution in [0, 0.1) is 5.92 Å². The molecule has 3 nitrogen and oxygen atoms in total. The Hall–Kier alpha value is -0.960. The standard InChI is InChI=1S/C10H12ClNO2/c1-6-2-3-8(6)12-10(13)7-4-5-14-9(7)11/h4-6,8H,2-3H2,1H3,(H,12,13). The molecule has 0 aliphatic heterocycles. The molecule has 1 N–H and O–H groups in total. The molecule has 1 aliphatic carbocycles. The molecule has 1 aliphatic rings. The summed E-state index contributed by atoms with van der Waals surface area (Å²) in [6.07, 6.45) is 3.66. The lowest BCUT2D eigenvalue weighted by Crippen LogP contribution is -2.45. The molecule has 14 heavy (non-hydrogen) atoms. The summed E-state index contributed by atoms with van der Waals surface area (Å²) >= 11 is 5.69. The van der Waals surface area contributed by atoms with Gasteiger partial charge < -0.3 is 9.73 Å². The summed E-state index contributed by atoms with van der Waals surface area (Å²) in [6.45, 7) is 2.13. The lowest BCUT2D eigenvalue weighted by Gasteiger charge is -2.34. The second-order valence-corrected chi connectivity index (χ2v) is 4.09. The van der Waals surface area contributed by atoms with Crippen LogP contribution in [0.5, 0.6) is 0 Å². The molecule has 1 aromatic heterocycles. The molecule has 1 heterocycles. The Kier molecular flexibility index (Phi) is 2.50. The van der Waals surface area contributed by atoms with Gasteiger partial charge in [-0.2, -0.15) is 0 Å². The topological polar surface area (TPSA) is 42.2 Å². The van der Waals surface area contributed by atoms with Crippen molar-refractivity contribution in [2.45, 2.75) is 25.8 Å². The van der Waals surface area contributed by atoms with Gasteiger partial charge in [-0.15, -0.1) is 0 Å². The maximum atomic E-state index is 11.6. The summed E-state index contributed by atoms with van der Waals surface area (Å²) in [4.78, 5) is 11.6. The van der Waals surface area contributed by atoms with Gasteiger partial charge in [0.1, 0.15) is 0 Å². The van der Waals surface area contributed by atoms with Gasteiger partial charge in [0.2, 0.25) is 5.22 Å². The van der Waals surface area contributed by atoms with E-state index in [1.165, 1.54) is 12.7 Å². The van der Waals surface area contributed by atoms with E-state index in [1.807, 2.05) is 0 Å². The summed E-state index contributed by atoms with van der Waals surface area (Å²) in [5.74, 6) is 0.435. The molecule has 0 aromatic carbocycles. The van der Waals surface area contributed by atoms with Crippen LogP contribution in [0.1, 0.15) is 30.1 Å². The summed E-state index contributed by atoms with van der Waals surface area (Å²) < 4.78 is 4.85. The Morgan fingerprint density at radius 2 is 2.43 bits per heavy atom. The van der Waals surface area contributed by atoms with Gasteiger partial charge in [-0.3, -0.25) is 4.79 Å². The number of amides is 1. The summed E-state index contributed by atoms with van der Waals surface area (Å²) in [5.41, 5.74) is 0.422. The SMILES string of the molecule is CC1CCC1NC(=O)c1ccoc1Cl. The van der Waals surface area contributed by atoms with E-state index in [-0.39, 0.29) is 11.1 Å². The van der Waals surface area contributed by atoms with Gasteiger partial charge >= 0.3 is 0 Å². The van der Waals surface area contributed by atoms with Crippen LogP contribution >= 0.6 is 11.6 Å². The van der Waals surface area contributed by atoms with E-state index in [4.69, 9.17) is 16.0 Å². The number of halogens is 1. The Labute approximate surface area is 87.4 Å². The van der Waals surface area contributed by atoms with Crippen molar-refractivity contribution in [3.63, 3.8) is 0 Å². The van der Waals surface area contributed by atoms with Crippen LogP contribution in [0.2, 0.25) is 5.22 Å². The summed E-state index contributed by atoms with van der Waals surface area (Å²) in [6, 6.07) is 1.88. The van der Waals surface area contributed by atoms with Crippen LogP contribution in [0.15, 0.2) is 16.7 Å². The molecular formula is C10H12ClNO2. The van der Waals surface area contributed by atoms with E-state index in [1.54, 1.807) is 6.07 Å². The molecule has 1 amide bonds. The van der Waals surface area contributed by atoms with Crippen molar-refractivity contribution in [2.75, 3.05) is 0 Å². The number of furan rings is 1. The Morgan fingerprint density at radius 1 is 1.64 bits per heavy atom. The lowest BCUT2D eigenvalue weighted by molar-refractivity contribution is 0.0884. The molecule has 2 unspecified atom stereocenters. The molecule has 0 radical (unpaired) electrons. The number of carbonyl (C=O) groups excluding carboxylic acids is 1. The van der Waals surface area contributed by atoms with Crippen molar-refractivity contribution in [1.82, 2.24) is 5.32 Å². The average molecular weight is 214 g/mol. The van der Waals surface area contributed by atoms with Gasteiger partial charge in [0.15, 0.2) is 0 Å². The Morgan fingerprint density at radius 3 is 2.86 bits per heavy atom. The van der Waals surface area contributed by atoms with Gasteiger partial charge in [0.25, 0.3) is 5.91 Å². The molecule has 76 valence electrons. The van der Waals surface area contributed by atoms with Crippen LogP contribution in [0.3, 0.4) is 0 Å². The fourth-order valence-corrected chi connectivity index (χ4v) is 1.78. The van der Waals surface area contributed by atoms with Gasteiger partial charge in [0.05, 0.1) is 11.8 Å². The zero-order chi connectivity index (χ0) is 10.1. The predicted molar refractivity (Wildman–Crippen MR) is 53.4 cm³/mol. The van der Waals surface area contributed by atoms with E-state index in [2.05, 4.69) is 12.2 Å². The summed E-state index contributed by atoms with van der Waals surface area (Å²) in [7, 11) is 0. The second-order valence-electron chi connectivity index (χ2n) is 3.74. The van der Waals surface area contributed by atoms with Crippen LogP contribution < -0.4 is 5.32 Å². The molecule has 2 atom stereocenters. The fraction of sp³-hybridized carbons (Fsp3) is 0.500. The van der Waals surface area contributed by atoms with Crippen molar-refractivity contribution >= 4 is 17.5 Å². The van der Waals surface area contributed by atoms with Crippen molar-refractivity contribution < 1.29 is 9.21 Å². The smallest absolute Gasteiger partial charge is 0.256 e. The molecule has 1 saturated carbocycles. The Balaban J connectivity index is 1.99. The molecule has 2 rings (SSSR count). The predicted octanol–water partition coefficient (Wildman–Crippen LogP) is 2.46. The minimum atomic E-state index is -0.139. The molecule has 1 aromatic rings. The first-order valence-electron chi connectivity index (χ1n) is 4.72. The Bertz CT molecular complexity index is 348. The number of hydrogen-bond acceptors (Lipinski definition) is 2. The zero-order valence-corrected chi connectivity index (χ0v) is 8.67. The van der Waals surface area contributed by atoms with Crippen LogP contribution in [-0.2, 0) is 0 Å². The highest BCUT2D eigenvalue weighted by Crippen LogP contribution is 2.27. The molecule has 0 spiro atoms. The normalized spacial score (nSPS) is 25.6. The average Bonchev–Trinajstić information content (AvgIpc) is 2.58. The van der Waals surface area contributed by atoms with Crippen LogP contribution in [0.25, 0.3) is 0 Å². The van der Waals surface area contributed by atoms with Gasteiger partial charge in [0, 0.05) is 6.04 Å². The van der Waals surface area contributed by atoms with Crippen molar-refractivity contribution in [1.29, 1.82) is 0 Å². The van der Waals surface area contributed by atoms with Gasteiger partial charge in [-0.1, -0.05) is 6.92 Å². The molecule has 0 bridgehead atoms. The number of rotatable bonds is 2. The number of hydrogen-bond donors (Lipinski definition) is 1. The fourth-order valence-electron chi connectivity index (χ4n) is 1.58. The third kappa shape index (κ3) is 1.64. The lowest BCUT2D eigenvalue weighted by atomic mass is 9.81. The van der Waals surface area contributed by atoms with E-state index < -0.39 is 0 Å². The van der Waals surface area contributed by atoms with E-state index in [0.717, 1.165) is 6.42 Å². The molecule has 4 heteroatoms. The van der Waals surface area contributed by atoms with E-state index >= 15 is 0 Å². The first kappa shape index (κ1) is 9.59. The van der Waals surface area contributed by atoms with Crippen LogP contribution in [0.4, 0.5) is 0 Å². The third-order valence-electron chi connectivity index (χ3n) is 2.80. The minimum absolute atomic E-state index is 0.139. The van der Waals surface area contributed by atoms with Crippen molar-refractivity contribution in [3.05, 3.63) is 23.1 Å². The molecule has 0 saturated heterocycles. The van der Waals surface area contributed by atoms with Gasteiger partial charge in [-0.05, 0) is 36.4 Å². The summed E-state index contributed by atoms with van der Waals surface area (Å²) in [5, 5.41) is 3.09. The monoisotopic (exact) mass is 213 g/mol. The van der Waals surface area contributed by atoms with Crippen LogP contribution in [-0.4, -0.2) is 11.9 Å². The second kappa shape index (κ2) is 3.65. The largest absolute Gasteiger partial charge is 0.452 e. The van der Waals surface area contributed by atoms with E-state index in [9.17, 15) is 4.79 Å². The van der Waals surface area contributed by atoms with E-state index in [0.29, 0.717) is 17.5 Å². The molecular weight excluding hydrogens is 202 g/mol. The van der Waals surface area contributed by atoms with Crippen molar-refractivity contribution in [3.8, 4) is 0 Å². The highest BCUT2D eigenvalue weighted by atomic mass is 35.5. The first-order chi connectivity index (χ1) is 6.68. The van der Waals surface area contributed by atoms with Crippen molar-refractivity contribution in [2.24, 2.45) is 5.92 Å². The highest BCUT2D eigenvalue weighted by molar-refractivity contribution is 6.32. The third-order valence-corrected chi connectivity index (χ3v) is 3.09. The first-order valence-corrected chi connectivity index (χ1v) is 5.10. The maximum Gasteiger partial charge on any atom is 0.256 e. The molecule has 1 fully saturated rings. The number of nitrogens with one attached hydrogen (secondary N) is 1. The number of carbonyl (C=O) groups is 1. The zero-order valence-electron chi connectivity index (χ0n) is 7.92. The highest BCUT2D eigenvalue weighted by Gasteiger charge is 2.29. The maximum absolute atomic E-state index is 11.6. The van der Waals surface area contributed by atoms with Gasteiger partial charge in [-0.25, -0.2) is 0 Å². The quantitative estimate of drug-likeness (QED) is 0.820. The minimum Gasteiger partial charge on any atom is -0.452 e.